The summed E-state index contributed by atoms with van der Waals surface area (Å²) < 4.78 is 0. The van der Waals surface area contributed by atoms with Crippen LogP contribution in [0.3, 0.4) is 0 Å². The van der Waals surface area contributed by atoms with Gasteiger partial charge in [0.15, 0.2) is 5.13 Å². The van der Waals surface area contributed by atoms with Crippen LogP contribution < -0.4 is 11.1 Å². The van der Waals surface area contributed by atoms with Crippen LogP contribution in [0.25, 0.3) is 10.6 Å². The summed E-state index contributed by atoms with van der Waals surface area (Å²) in [5.74, 6) is 0.236. The first-order valence-electron chi connectivity index (χ1n) is 6.97. The van der Waals surface area contributed by atoms with Crippen molar-refractivity contribution in [3.05, 3.63) is 21.9 Å². The van der Waals surface area contributed by atoms with Crippen molar-refractivity contribution < 1.29 is 4.79 Å². The number of thiophene rings is 1. The monoisotopic (exact) mass is 323 g/mol. The fraction of sp³-hybridized carbons (Fsp3) is 0.467. The van der Waals surface area contributed by atoms with Crippen LogP contribution in [0.15, 0.2) is 12.1 Å². The molecule has 0 saturated carbocycles. The number of rotatable bonds is 5. The third-order valence-electron chi connectivity index (χ3n) is 3.06. The average Bonchev–Trinajstić information content (AvgIpc) is 2.94. The van der Waals surface area contributed by atoms with Crippen LogP contribution in [-0.4, -0.2) is 16.9 Å². The van der Waals surface area contributed by atoms with Crippen molar-refractivity contribution in [3.8, 4) is 10.6 Å². The van der Waals surface area contributed by atoms with Gasteiger partial charge >= 0.3 is 0 Å². The number of aryl methyl sites for hydroxylation is 2. The van der Waals surface area contributed by atoms with Crippen LogP contribution in [-0.2, 0) is 4.79 Å². The molecule has 1 amide bonds. The van der Waals surface area contributed by atoms with E-state index in [2.05, 4.69) is 43.2 Å². The van der Waals surface area contributed by atoms with Gasteiger partial charge in [0.1, 0.15) is 0 Å². The third kappa shape index (κ3) is 4.12. The SMILES string of the molecule is Cc1ccc(-c2nc(NC(=O)[C@@H](N)CC(C)C)sc2C)s1. The number of amides is 1. The molecule has 2 rings (SSSR count). The number of nitrogens with two attached hydrogens (primary N) is 1. The van der Waals surface area contributed by atoms with Gasteiger partial charge in [0.25, 0.3) is 0 Å². The van der Waals surface area contributed by atoms with Crippen LogP contribution in [0.5, 0.6) is 0 Å². The Hall–Kier alpha value is -1.24. The summed E-state index contributed by atoms with van der Waals surface area (Å²) in [5, 5.41) is 3.46. The summed E-state index contributed by atoms with van der Waals surface area (Å²) in [6.45, 7) is 8.20. The molecule has 0 spiro atoms. The molecule has 0 aliphatic rings. The average molecular weight is 323 g/mol. The van der Waals surface area contributed by atoms with E-state index in [9.17, 15) is 4.79 Å². The minimum absolute atomic E-state index is 0.161. The Morgan fingerprint density at radius 3 is 2.62 bits per heavy atom. The van der Waals surface area contributed by atoms with E-state index in [1.807, 2.05) is 6.92 Å². The van der Waals surface area contributed by atoms with E-state index in [1.165, 1.54) is 16.2 Å². The molecule has 2 aromatic rings. The molecule has 21 heavy (non-hydrogen) atoms. The van der Waals surface area contributed by atoms with Crippen LogP contribution in [0.2, 0.25) is 0 Å². The predicted octanol–water partition coefficient (Wildman–Crippen LogP) is 3.80. The van der Waals surface area contributed by atoms with E-state index in [0.29, 0.717) is 17.5 Å². The fourth-order valence-corrected chi connectivity index (χ4v) is 3.86. The highest BCUT2D eigenvalue weighted by atomic mass is 32.1. The summed E-state index contributed by atoms with van der Waals surface area (Å²) in [6, 6.07) is 3.66. The zero-order chi connectivity index (χ0) is 15.6. The second kappa shape index (κ2) is 6.68. The molecule has 0 aliphatic heterocycles. The molecule has 0 fully saturated rings. The van der Waals surface area contributed by atoms with Gasteiger partial charge in [-0.05, 0) is 38.3 Å². The van der Waals surface area contributed by atoms with Crippen molar-refractivity contribution >= 4 is 33.7 Å². The van der Waals surface area contributed by atoms with E-state index in [4.69, 9.17) is 5.73 Å². The van der Waals surface area contributed by atoms with Gasteiger partial charge in [-0.3, -0.25) is 4.79 Å². The first-order valence-corrected chi connectivity index (χ1v) is 8.60. The third-order valence-corrected chi connectivity index (χ3v) is 4.96. The van der Waals surface area contributed by atoms with Crippen LogP contribution in [0.1, 0.15) is 30.0 Å². The maximum Gasteiger partial charge on any atom is 0.243 e. The Morgan fingerprint density at radius 2 is 2.05 bits per heavy atom. The van der Waals surface area contributed by atoms with E-state index >= 15 is 0 Å². The number of nitrogens with zero attached hydrogens (tertiary/aromatic N) is 1. The zero-order valence-corrected chi connectivity index (χ0v) is 14.4. The Labute approximate surface area is 133 Å². The number of aromatic nitrogens is 1. The van der Waals surface area contributed by atoms with Crippen LogP contribution in [0, 0.1) is 19.8 Å². The number of anilines is 1. The van der Waals surface area contributed by atoms with Gasteiger partial charge in [-0.1, -0.05) is 13.8 Å². The van der Waals surface area contributed by atoms with Crippen molar-refractivity contribution in [1.29, 1.82) is 0 Å². The molecule has 0 radical (unpaired) electrons. The topological polar surface area (TPSA) is 68.0 Å². The quantitative estimate of drug-likeness (QED) is 0.879. The molecule has 2 heterocycles. The van der Waals surface area contributed by atoms with Gasteiger partial charge in [-0.15, -0.1) is 22.7 Å². The maximum atomic E-state index is 12.0. The minimum Gasteiger partial charge on any atom is -0.320 e. The Balaban J connectivity index is 2.10. The van der Waals surface area contributed by atoms with E-state index in [0.717, 1.165) is 15.4 Å². The Kier molecular flexibility index (Phi) is 5.13. The van der Waals surface area contributed by atoms with E-state index < -0.39 is 6.04 Å². The second-order valence-electron chi connectivity index (χ2n) is 5.56. The molecule has 114 valence electrons. The molecular formula is C15H21N3OS2. The highest BCUT2D eigenvalue weighted by molar-refractivity contribution is 7.18. The molecule has 4 nitrogen and oxygen atoms in total. The molecule has 3 N–H and O–H groups in total. The summed E-state index contributed by atoms with van der Waals surface area (Å²) in [7, 11) is 0. The molecule has 2 aromatic heterocycles. The highest BCUT2D eigenvalue weighted by Crippen LogP contribution is 2.34. The molecule has 1 atom stereocenters. The van der Waals surface area contributed by atoms with Crippen molar-refractivity contribution in [1.82, 2.24) is 4.98 Å². The van der Waals surface area contributed by atoms with Crippen LogP contribution >= 0.6 is 22.7 Å². The van der Waals surface area contributed by atoms with Gasteiger partial charge in [0, 0.05) is 9.75 Å². The van der Waals surface area contributed by atoms with Crippen molar-refractivity contribution in [2.75, 3.05) is 5.32 Å². The lowest BCUT2D eigenvalue weighted by molar-refractivity contribution is -0.117. The number of carbonyl (C=O) groups excluding carboxylic acids is 1. The number of hydrogen-bond acceptors (Lipinski definition) is 5. The number of hydrogen-bond donors (Lipinski definition) is 2. The fourth-order valence-electron chi connectivity index (χ4n) is 2.05. The van der Waals surface area contributed by atoms with Crippen molar-refractivity contribution in [2.45, 2.75) is 40.2 Å². The molecule has 0 unspecified atom stereocenters. The predicted molar refractivity (Wildman–Crippen MR) is 91.0 cm³/mol. The number of carbonyl (C=O) groups is 1. The van der Waals surface area contributed by atoms with Crippen molar-refractivity contribution in [2.24, 2.45) is 11.7 Å². The summed E-state index contributed by atoms with van der Waals surface area (Å²) in [5.41, 5.74) is 6.84. The first-order chi connectivity index (χ1) is 9.86. The molecular weight excluding hydrogens is 302 g/mol. The molecule has 0 aliphatic carbocycles. The molecule has 0 bridgehead atoms. The highest BCUT2D eigenvalue weighted by Gasteiger charge is 2.18. The lowest BCUT2D eigenvalue weighted by atomic mass is 10.0. The second-order valence-corrected chi connectivity index (χ2v) is 8.05. The lowest BCUT2D eigenvalue weighted by Crippen LogP contribution is -2.36. The first kappa shape index (κ1) is 16.1. The zero-order valence-electron chi connectivity index (χ0n) is 12.8. The van der Waals surface area contributed by atoms with Gasteiger partial charge in [0.2, 0.25) is 5.91 Å². The minimum atomic E-state index is -0.485. The largest absolute Gasteiger partial charge is 0.320 e. The number of nitrogens with one attached hydrogen (secondary N) is 1. The van der Waals surface area contributed by atoms with E-state index in [1.54, 1.807) is 11.3 Å². The summed E-state index contributed by atoms with van der Waals surface area (Å²) >= 11 is 3.20. The molecule has 0 saturated heterocycles. The summed E-state index contributed by atoms with van der Waals surface area (Å²) in [4.78, 5) is 20.1. The van der Waals surface area contributed by atoms with Crippen molar-refractivity contribution in [3.63, 3.8) is 0 Å². The molecule has 6 heteroatoms. The Bertz CT molecular complexity index is 631. The van der Waals surface area contributed by atoms with Gasteiger partial charge in [-0.25, -0.2) is 4.98 Å². The summed E-state index contributed by atoms with van der Waals surface area (Å²) in [6.07, 6.45) is 0.674. The lowest BCUT2D eigenvalue weighted by Gasteiger charge is -2.12. The van der Waals surface area contributed by atoms with Gasteiger partial charge < -0.3 is 11.1 Å². The van der Waals surface area contributed by atoms with Gasteiger partial charge in [0.05, 0.1) is 16.6 Å². The van der Waals surface area contributed by atoms with Gasteiger partial charge in [-0.2, -0.15) is 0 Å². The normalized spacial score (nSPS) is 12.7. The number of thiazole rings is 1. The standard InChI is InChI=1S/C15H21N3OS2/c1-8(2)7-11(16)14(19)18-15-17-13(10(4)21-15)12-6-5-9(3)20-12/h5-6,8,11H,7,16H2,1-4H3,(H,17,18,19)/t11-/m0/s1. The molecule has 0 aromatic carbocycles. The Morgan fingerprint density at radius 1 is 1.33 bits per heavy atom. The van der Waals surface area contributed by atoms with E-state index in [-0.39, 0.29) is 5.91 Å². The maximum absolute atomic E-state index is 12.0. The van der Waals surface area contributed by atoms with Crippen LogP contribution in [0.4, 0.5) is 5.13 Å². The smallest absolute Gasteiger partial charge is 0.243 e.